The maximum absolute atomic E-state index is 13.5. The second-order valence-corrected chi connectivity index (χ2v) is 16.0. The Morgan fingerprint density at radius 2 is 1.53 bits per heavy atom. The van der Waals surface area contributed by atoms with Crippen LogP contribution < -0.4 is 9.62 Å². The molecule has 0 spiro atoms. The van der Waals surface area contributed by atoms with E-state index >= 15 is 0 Å². The third kappa shape index (κ3) is 11.7. The first-order chi connectivity index (χ1) is 21.8. The maximum Gasteiger partial charge on any atom is 0.416 e. The van der Waals surface area contributed by atoms with Crippen LogP contribution in [0.3, 0.4) is 0 Å². The predicted octanol–water partition coefficient (Wildman–Crippen LogP) is 7.29. The molecule has 1 aromatic carbocycles. The van der Waals surface area contributed by atoms with Gasteiger partial charge in [-0.3, -0.25) is 9.69 Å². The van der Waals surface area contributed by atoms with Crippen molar-refractivity contribution in [1.82, 2.24) is 14.7 Å². The van der Waals surface area contributed by atoms with E-state index < -0.39 is 45.9 Å². The molecule has 3 rings (SSSR count). The molecule has 1 N–H and O–H groups in total. The Labute approximate surface area is 280 Å². The van der Waals surface area contributed by atoms with E-state index in [1.54, 1.807) is 71.9 Å². The SMILES string of the molecule is CCCCC(C)(C)c1ccc(CC(NS(=O)(=O)c2ccccn2)c2cccc(N(CC(=O)OC(C)(C)C)C(=O)OC(C)(C)C)n2)cc1. The van der Waals surface area contributed by atoms with Crippen molar-refractivity contribution in [3.63, 3.8) is 0 Å². The number of unbranched alkanes of at least 4 members (excludes halogenated alkanes) is 1. The molecule has 1 atom stereocenters. The fraction of sp³-hybridized carbons (Fsp3) is 0.500. The summed E-state index contributed by atoms with van der Waals surface area (Å²) in [5, 5.41) is -0.130. The summed E-state index contributed by atoms with van der Waals surface area (Å²) in [6.45, 7) is 16.5. The van der Waals surface area contributed by atoms with E-state index in [0.717, 1.165) is 29.7 Å². The van der Waals surface area contributed by atoms with Gasteiger partial charge in [-0.25, -0.2) is 27.9 Å². The summed E-state index contributed by atoms with van der Waals surface area (Å²) in [6, 6.07) is 16.9. The quantitative estimate of drug-likeness (QED) is 0.188. The average Bonchev–Trinajstić information content (AvgIpc) is 2.97. The van der Waals surface area contributed by atoms with Gasteiger partial charge in [-0.15, -0.1) is 0 Å². The van der Waals surface area contributed by atoms with Crippen LogP contribution in [0.15, 0.2) is 71.9 Å². The third-order valence-corrected chi connectivity index (χ3v) is 8.64. The van der Waals surface area contributed by atoms with Gasteiger partial charge in [0.25, 0.3) is 10.0 Å². The molecule has 1 unspecified atom stereocenters. The van der Waals surface area contributed by atoms with Crippen LogP contribution in [0.25, 0.3) is 0 Å². The topological polar surface area (TPSA) is 128 Å². The third-order valence-electron chi connectivity index (χ3n) is 7.25. The molecular weight excluding hydrogens is 616 g/mol. The van der Waals surface area contributed by atoms with E-state index in [-0.39, 0.29) is 22.7 Å². The van der Waals surface area contributed by atoms with Crippen LogP contribution in [0.2, 0.25) is 0 Å². The molecule has 10 nitrogen and oxygen atoms in total. The van der Waals surface area contributed by atoms with Crippen molar-refractivity contribution in [3.05, 3.63) is 83.7 Å². The highest BCUT2D eigenvalue weighted by Gasteiger charge is 2.30. The minimum Gasteiger partial charge on any atom is -0.459 e. The minimum absolute atomic E-state index is 0.00363. The molecule has 0 bridgehead atoms. The van der Waals surface area contributed by atoms with Crippen LogP contribution in [-0.2, 0) is 36.1 Å². The van der Waals surface area contributed by atoms with E-state index in [0.29, 0.717) is 5.69 Å². The molecule has 11 heteroatoms. The number of esters is 1. The molecule has 0 aliphatic carbocycles. The van der Waals surface area contributed by atoms with Gasteiger partial charge in [0.05, 0.1) is 11.7 Å². The number of sulfonamides is 1. The van der Waals surface area contributed by atoms with Crippen molar-refractivity contribution in [3.8, 4) is 0 Å². The Bertz CT molecular complexity index is 1590. The summed E-state index contributed by atoms with van der Waals surface area (Å²) in [7, 11) is -4.06. The first-order valence-electron chi connectivity index (χ1n) is 16.0. The summed E-state index contributed by atoms with van der Waals surface area (Å²) in [6.07, 6.45) is 4.19. The minimum atomic E-state index is -4.06. The summed E-state index contributed by atoms with van der Waals surface area (Å²) in [5.41, 5.74) is 0.811. The fourth-order valence-corrected chi connectivity index (χ4v) is 6.05. The van der Waals surface area contributed by atoms with Gasteiger partial charge in [-0.2, -0.15) is 0 Å². The smallest absolute Gasteiger partial charge is 0.416 e. The van der Waals surface area contributed by atoms with Crippen molar-refractivity contribution >= 4 is 27.9 Å². The number of pyridine rings is 2. The summed E-state index contributed by atoms with van der Waals surface area (Å²) in [4.78, 5) is 36.1. The molecule has 1 amide bonds. The van der Waals surface area contributed by atoms with E-state index in [9.17, 15) is 18.0 Å². The normalized spacial score (nSPS) is 13.1. The number of hydrogen-bond donors (Lipinski definition) is 1. The van der Waals surface area contributed by atoms with E-state index in [1.807, 2.05) is 12.1 Å². The Hall–Kier alpha value is -3.83. The molecule has 47 heavy (non-hydrogen) atoms. The first-order valence-corrected chi connectivity index (χ1v) is 17.5. The van der Waals surface area contributed by atoms with Crippen molar-refractivity contribution in [2.75, 3.05) is 11.4 Å². The number of carbonyl (C=O) groups excluding carboxylic acids is 2. The molecule has 0 saturated heterocycles. The van der Waals surface area contributed by atoms with Gasteiger partial charge >= 0.3 is 12.1 Å². The Kier molecular flexibility index (Phi) is 12.3. The summed E-state index contributed by atoms with van der Waals surface area (Å²) in [5.74, 6) is -0.539. The van der Waals surface area contributed by atoms with Crippen molar-refractivity contribution in [2.45, 2.75) is 116 Å². The lowest BCUT2D eigenvalue weighted by Gasteiger charge is -2.28. The van der Waals surface area contributed by atoms with Crippen LogP contribution in [0, 0.1) is 0 Å². The van der Waals surface area contributed by atoms with Gasteiger partial charge in [-0.1, -0.05) is 70.0 Å². The molecular formula is C36H50N4O6S. The second-order valence-electron chi connectivity index (χ2n) is 14.3. The highest BCUT2D eigenvalue weighted by Crippen LogP contribution is 2.30. The maximum atomic E-state index is 13.5. The van der Waals surface area contributed by atoms with Crippen molar-refractivity contribution in [1.29, 1.82) is 0 Å². The largest absolute Gasteiger partial charge is 0.459 e. The molecule has 256 valence electrons. The monoisotopic (exact) mass is 666 g/mol. The molecule has 0 saturated carbocycles. The number of benzene rings is 1. The highest BCUT2D eigenvalue weighted by molar-refractivity contribution is 7.89. The number of ether oxygens (including phenoxy) is 2. The van der Waals surface area contributed by atoms with E-state index in [2.05, 4.69) is 42.6 Å². The zero-order valence-electron chi connectivity index (χ0n) is 29.2. The van der Waals surface area contributed by atoms with E-state index in [1.165, 1.54) is 17.8 Å². The number of carbonyl (C=O) groups is 2. The van der Waals surface area contributed by atoms with Crippen LogP contribution in [0.1, 0.15) is 104 Å². The molecule has 0 aliphatic heterocycles. The molecule has 0 radical (unpaired) electrons. The Morgan fingerprint density at radius 1 is 0.872 bits per heavy atom. The zero-order chi connectivity index (χ0) is 35.0. The van der Waals surface area contributed by atoms with Gasteiger partial charge in [-0.05, 0) is 95.2 Å². The lowest BCUT2D eigenvalue weighted by Crippen LogP contribution is -2.42. The Balaban J connectivity index is 2.04. The molecule has 3 aromatic rings. The van der Waals surface area contributed by atoms with Gasteiger partial charge in [0.15, 0.2) is 5.03 Å². The van der Waals surface area contributed by atoms with Crippen molar-refractivity contribution < 1.29 is 27.5 Å². The van der Waals surface area contributed by atoms with Gasteiger partial charge in [0, 0.05) is 6.20 Å². The molecule has 0 aliphatic rings. The Morgan fingerprint density at radius 3 is 2.11 bits per heavy atom. The van der Waals surface area contributed by atoms with Crippen LogP contribution in [0.4, 0.5) is 10.6 Å². The summed E-state index contributed by atoms with van der Waals surface area (Å²) < 4.78 is 40.9. The average molecular weight is 667 g/mol. The lowest BCUT2D eigenvalue weighted by molar-refractivity contribution is -0.153. The first kappa shape index (κ1) is 37.6. The number of nitrogens with zero attached hydrogens (tertiary/aromatic N) is 3. The van der Waals surface area contributed by atoms with Crippen molar-refractivity contribution in [2.24, 2.45) is 0 Å². The molecule has 0 fully saturated rings. The van der Waals surface area contributed by atoms with E-state index in [4.69, 9.17) is 14.5 Å². The molecule has 2 heterocycles. The van der Waals surface area contributed by atoms with Gasteiger partial charge in [0.1, 0.15) is 23.6 Å². The van der Waals surface area contributed by atoms with Gasteiger partial charge in [0.2, 0.25) is 0 Å². The number of rotatable bonds is 13. The van der Waals surface area contributed by atoms with Crippen LogP contribution in [-0.4, -0.2) is 48.2 Å². The standard InChI is InChI=1S/C36H50N4O6S/c1-10-11-22-36(8,9)27-20-18-26(19-21-27)24-29(39-47(43,44)31-17-12-13-23-37-31)28-15-14-16-30(38-28)40(33(42)46-35(5,6)7)25-32(41)45-34(2,3)4/h12-21,23,29,39H,10-11,22,24-25H2,1-9H3. The van der Waals surface area contributed by atoms with Gasteiger partial charge < -0.3 is 9.47 Å². The van der Waals surface area contributed by atoms with Crippen LogP contribution in [0.5, 0.6) is 0 Å². The predicted molar refractivity (Wildman–Crippen MR) is 184 cm³/mol. The number of anilines is 1. The number of nitrogens with one attached hydrogen (secondary N) is 1. The fourth-order valence-electron chi connectivity index (χ4n) is 4.89. The zero-order valence-corrected chi connectivity index (χ0v) is 30.0. The lowest BCUT2D eigenvalue weighted by atomic mass is 9.80. The molecule has 2 aromatic heterocycles. The summed E-state index contributed by atoms with van der Waals surface area (Å²) >= 11 is 0. The number of aromatic nitrogens is 2. The number of amides is 1. The van der Waals surface area contributed by atoms with Crippen LogP contribution >= 0.6 is 0 Å². The number of hydrogen-bond acceptors (Lipinski definition) is 8. The second kappa shape index (κ2) is 15.4. The highest BCUT2D eigenvalue weighted by atomic mass is 32.2.